The van der Waals surface area contributed by atoms with Gasteiger partial charge >= 0.3 is 0 Å². The van der Waals surface area contributed by atoms with Crippen molar-refractivity contribution in [2.24, 2.45) is 5.92 Å². The van der Waals surface area contributed by atoms with Crippen molar-refractivity contribution in [3.05, 3.63) is 17.0 Å². The Balaban J connectivity index is 2.57. The SMILES string of the molecule is CCCNC(=O)CNC(=O)Cc1c(C)nn(CC(C)C)c1C. The van der Waals surface area contributed by atoms with Gasteiger partial charge in [-0.25, -0.2) is 0 Å². The number of hydrogen-bond acceptors (Lipinski definition) is 3. The monoisotopic (exact) mass is 308 g/mol. The van der Waals surface area contributed by atoms with Gasteiger partial charge in [0, 0.05) is 24.3 Å². The summed E-state index contributed by atoms with van der Waals surface area (Å²) in [6, 6.07) is 0. The number of aryl methyl sites for hydroxylation is 1. The van der Waals surface area contributed by atoms with Crippen molar-refractivity contribution in [3.63, 3.8) is 0 Å². The van der Waals surface area contributed by atoms with Crippen molar-refractivity contribution in [2.75, 3.05) is 13.1 Å². The van der Waals surface area contributed by atoms with E-state index in [-0.39, 0.29) is 24.8 Å². The molecule has 1 aromatic heterocycles. The quantitative estimate of drug-likeness (QED) is 0.761. The van der Waals surface area contributed by atoms with Crippen molar-refractivity contribution < 1.29 is 9.59 Å². The molecule has 0 saturated carbocycles. The van der Waals surface area contributed by atoms with Crippen LogP contribution in [-0.4, -0.2) is 34.7 Å². The molecule has 0 fully saturated rings. The van der Waals surface area contributed by atoms with Crippen molar-refractivity contribution in [1.29, 1.82) is 0 Å². The number of rotatable bonds is 8. The highest BCUT2D eigenvalue weighted by Crippen LogP contribution is 2.15. The van der Waals surface area contributed by atoms with E-state index in [1.807, 2.05) is 25.5 Å². The Morgan fingerprint density at radius 3 is 2.45 bits per heavy atom. The molecule has 6 heteroatoms. The van der Waals surface area contributed by atoms with Crippen molar-refractivity contribution in [3.8, 4) is 0 Å². The molecule has 0 saturated heterocycles. The zero-order chi connectivity index (χ0) is 16.7. The molecular formula is C16H28N4O2. The van der Waals surface area contributed by atoms with E-state index in [9.17, 15) is 9.59 Å². The van der Waals surface area contributed by atoms with Crippen LogP contribution in [0, 0.1) is 19.8 Å². The summed E-state index contributed by atoms with van der Waals surface area (Å²) in [5.74, 6) is 0.197. The molecule has 1 aromatic rings. The molecule has 6 nitrogen and oxygen atoms in total. The predicted octanol–water partition coefficient (Wildman–Crippen LogP) is 1.34. The molecule has 0 bridgehead atoms. The molecule has 1 heterocycles. The molecule has 0 aromatic carbocycles. The lowest BCUT2D eigenvalue weighted by Crippen LogP contribution is -2.37. The molecule has 0 radical (unpaired) electrons. The Hall–Kier alpha value is -1.85. The third kappa shape index (κ3) is 5.50. The van der Waals surface area contributed by atoms with E-state index in [4.69, 9.17) is 0 Å². The van der Waals surface area contributed by atoms with Crippen LogP contribution in [-0.2, 0) is 22.6 Å². The summed E-state index contributed by atoms with van der Waals surface area (Å²) in [6.45, 7) is 11.7. The van der Waals surface area contributed by atoms with Crippen LogP contribution in [0.4, 0.5) is 0 Å². The zero-order valence-corrected chi connectivity index (χ0v) is 14.3. The Bertz CT molecular complexity index is 520. The smallest absolute Gasteiger partial charge is 0.239 e. The summed E-state index contributed by atoms with van der Waals surface area (Å²) in [5, 5.41) is 9.88. The number of nitrogens with zero attached hydrogens (tertiary/aromatic N) is 2. The maximum absolute atomic E-state index is 12.0. The molecule has 0 aliphatic rings. The first-order chi connectivity index (χ1) is 10.3. The number of amides is 2. The molecular weight excluding hydrogens is 280 g/mol. The minimum Gasteiger partial charge on any atom is -0.355 e. The average molecular weight is 308 g/mol. The molecule has 22 heavy (non-hydrogen) atoms. The van der Waals surface area contributed by atoms with Gasteiger partial charge in [0.05, 0.1) is 18.7 Å². The third-order valence-corrected chi connectivity index (χ3v) is 3.43. The van der Waals surface area contributed by atoms with Crippen LogP contribution in [0.2, 0.25) is 0 Å². The Morgan fingerprint density at radius 2 is 1.86 bits per heavy atom. The maximum Gasteiger partial charge on any atom is 0.239 e. The van der Waals surface area contributed by atoms with E-state index >= 15 is 0 Å². The fourth-order valence-electron chi connectivity index (χ4n) is 2.24. The molecule has 2 N–H and O–H groups in total. The molecule has 0 atom stereocenters. The van der Waals surface area contributed by atoms with E-state index in [0.29, 0.717) is 12.5 Å². The normalized spacial score (nSPS) is 10.8. The van der Waals surface area contributed by atoms with Crippen LogP contribution >= 0.6 is 0 Å². The van der Waals surface area contributed by atoms with E-state index in [2.05, 4.69) is 29.6 Å². The first-order valence-electron chi connectivity index (χ1n) is 7.91. The van der Waals surface area contributed by atoms with E-state index in [1.165, 1.54) is 0 Å². The van der Waals surface area contributed by atoms with E-state index in [0.717, 1.165) is 29.9 Å². The average Bonchev–Trinajstić information content (AvgIpc) is 2.69. The first kappa shape index (κ1) is 18.2. The number of aromatic nitrogens is 2. The molecule has 0 aliphatic heterocycles. The van der Waals surface area contributed by atoms with Gasteiger partial charge in [-0.1, -0.05) is 20.8 Å². The van der Waals surface area contributed by atoms with Crippen molar-refractivity contribution in [2.45, 2.75) is 54.0 Å². The van der Waals surface area contributed by atoms with Crippen molar-refractivity contribution in [1.82, 2.24) is 20.4 Å². The number of nitrogens with one attached hydrogen (secondary N) is 2. The zero-order valence-electron chi connectivity index (χ0n) is 14.3. The minimum absolute atomic E-state index is 0.0249. The van der Waals surface area contributed by atoms with Gasteiger partial charge in [-0.05, 0) is 26.2 Å². The molecule has 0 unspecified atom stereocenters. The van der Waals surface area contributed by atoms with Gasteiger partial charge in [-0.3, -0.25) is 14.3 Å². The summed E-state index contributed by atoms with van der Waals surface area (Å²) < 4.78 is 1.95. The second-order valence-corrected chi connectivity index (χ2v) is 6.03. The van der Waals surface area contributed by atoms with Gasteiger partial charge in [-0.15, -0.1) is 0 Å². The Morgan fingerprint density at radius 1 is 1.18 bits per heavy atom. The summed E-state index contributed by atoms with van der Waals surface area (Å²) in [7, 11) is 0. The number of carbonyl (C=O) groups excluding carboxylic acids is 2. The highest BCUT2D eigenvalue weighted by molar-refractivity contribution is 5.85. The minimum atomic E-state index is -0.154. The highest BCUT2D eigenvalue weighted by atomic mass is 16.2. The maximum atomic E-state index is 12.0. The fraction of sp³-hybridized carbons (Fsp3) is 0.688. The summed E-state index contributed by atoms with van der Waals surface area (Å²) in [6.07, 6.45) is 1.14. The summed E-state index contributed by atoms with van der Waals surface area (Å²) >= 11 is 0. The van der Waals surface area contributed by atoms with Crippen LogP contribution in [0.5, 0.6) is 0 Å². The number of carbonyl (C=O) groups is 2. The van der Waals surface area contributed by atoms with Crippen LogP contribution in [0.25, 0.3) is 0 Å². The summed E-state index contributed by atoms with van der Waals surface area (Å²) in [4.78, 5) is 23.5. The van der Waals surface area contributed by atoms with Gasteiger partial charge in [-0.2, -0.15) is 5.10 Å². The van der Waals surface area contributed by atoms with Gasteiger partial charge in [0.1, 0.15) is 0 Å². The topological polar surface area (TPSA) is 76.0 Å². The van der Waals surface area contributed by atoms with Gasteiger partial charge in [0.25, 0.3) is 0 Å². The molecule has 1 rings (SSSR count). The van der Waals surface area contributed by atoms with Crippen LogP contribution in [0.15, 0.2) is 0 Å². The highest BCUT2D eigenvalue weighted by Gasteiger charge is 2.15. The molecule has 124 valence electrons. The van der Waals surface area contributed by atoms with E-state index < -0.39 is 0 Å². The van der Waals surface area contributed by atoms with Crippen molar-refractivity contribution >= 4 is 11.8 Å². The van der Waals surface area contributed by atoms with Gasteiger partial charge < -0.3 is 10.6 Å². The van der Waals surface area contributed by atoms with Crippen LogP contribution in [0.3, 0.4) is 0 Å². The Labute approximate surface area is 132 Å². The summed E-state index contributed by atoms with van der Waals surface area (Å²) in [5.41, 5.74) is 2.85. The molecule has 2 amide bonds. The molecule has 0 spiro atoms. The number of hydrogen-bond donors (Lipinski definition) is 2. The molecule has 0 aliphatic carbocycles. The lowest BCUT2D eigenvalue weighted by molar-refractivity contribution is -0.125. The second-order valence-electron chi connectivity index (χ2n) is 6.03. The van der Waals surface area contributed by atoms with E-state index in [1.54, 1.807) is 0 Å². The van der Waals surface area contributed by atoms with Gasteiger partial charge in [0.15, 0.2) is 0 Å². The lowest BCUT2D eigenvalue weighted by atomic mass is 10.1. The first-order valence-corrected chi connectivity index (χ1v) is 7.91. The van der Waals surface area contributed by atoms with Crippen LogP contribution < -0.4 is 10.6 Å². The predicted molar refractivity (Wildman–Crippen MR) is 86.6 cm³/mol. The van der Waals surface area contributed by atoms with Gasteiger partial charge in [0.2, 0.25) is 11.8 Å². The van der Waals surface area contributed by atoms with Crippen LogP contribution in [0.1, 0.15) is 44.1 Å². The lowest BCUT2D eigenvalue weighted by Gasteiger charge is -2.08. The third-order valence-electron chi connectivity index (χ3n) is 3.43. The fourth-order valence-corrected chi connectivity index (χ4v) is 2.24. The second kappa shape index (κ2) is 8.56. The standard InChI is InChI=1S/C16H28N4O2/c1-6-7-17-16(22)9-18-15(21)8-14-12(4)19-20(13(14)5)10-11(2)3/h11H,6-10H2,1-5H3,(H,17,22)(H,18,21). The largest absolute Gasteiger partial charge is 0.355 e. The Kier molecular flexibility index (Phi) is 7.08.